The van der Waals surface area contributed by atoms with Crippen LogP contribution in [0.1, 0.15) is 16.7 Å². The number of rotatable bonds is 4. The summed E-state index contributed by atoms with van der Waals surface area (Å²) >= 11 is 0. The molecule has 0 unspecified atom stereocenters. The second kappa shape index (κ2) is 11.4. The minimum Gasteiger partial charge on any atom is -0.309 e. The summed E-state index contributed by atoms with van der Waals surface area (Å²) in [5, 5.41) is 34.1. The van der Waals surface area contributed by atoms with Crippen LogP contribution in [0.15, 0.2) is 152 Å². The van der Waals surface area contributed by atoms with Gasteiger partial charge < -0.3 is 9.13 Å². The van der Waals surface area contributed by atoms with Gasteiger partial charge in [0.2, 0.25) is 0 Å². The number of nitrogens with zero attached hydrogens (tertiary/aromatic N) is 5. The number of benzene rings is 7. The highest BCUT2D eigenvalue weighted by atomic mass is 15.0. The number of hydrogen-bond donors (Lipinski definition) is 0. The Morgan fingerprint density at radius 3 is 1.50 bits per heavy atom. The Labute approximate surface area is 287 Å². The van der Waals surface area contributed by atoms with E-state index in [-0.39, 0.29) is 0 Å². The molecule has 2 heterocycles. The van der Waals surface area contributed by atoms with Gasteiger partial charge in [0.05, 0.1) is 57.0 Å². The van der Waals surface area contributed by atoms with Crippen molar-refractivity contribution in [3.05, 3.63) is 168 Å². The fourth-order valence-electron chi connectivity index (χ4n) is 7.34. The average molecular weight is 636 g/mol. The maximum absolute atomic E-state index is 10.5. The number of nitriles is 3. The lowest BCUT2D eigenvalue weighted by atomic mass is 9.94. The molecule has 0 amide bonds. The highest BCUT2D eigenvalue weighted by Crippen LogP contribution is 2.39. The topological polar surface area (TPSA) is 81.2 Å². The van der Waals surface area contributed by atoms with E-state index in [0.717, 1.165) is 66.5 Å². The molecule has 0 saturated carbocycles. The lowest BCUT2D eigenvalue weighted by molar-refractivity contribution is 1.17. The molecule has 9 rings (SSSR count). The van der Waals surface area contributed by atoms with Gasteiger partial charge in [0.25, 0.3) is 0 Å². The summed E-state index contributed by atoms with van der Waals surface area (Å²) in [5.41, 5.74) is 11.4. The van der Waals surface area contributed by atoms with E-state index >= 15 is 0 Å². The molecule has 7 aromatic carbocycles. The van der Waals surface area contributed by atoms with Crippen molar-refractivity contribution in [1.82, 2.24) is 9.13 Å². The molecule has 2 aromatic heterocycles. The minimum atomic E-state index is 0.554. The number of aromatic nitrogens is 2. The first-order valence-corrected chi connectivity index (χ1v) is 16.3. The maximum atomic E-state index is 10.5. The third-order valence-electron chi connectivity index (χ3n) is 9.58. The van der Waals surface area contributed by atoms with Gasteiger partial charge >= 0.3 is 0 Å². The van der Waals surface area contributed by atoms with Gasteiger partial charge in [-0.3, -0.25) is 0 Å². The molecule has 9 aromatic rings. The second-order valence-corrected chi connectivity index (χ2v) is 12.4. The molecule has 0 N–H and O–H groups in total. The van der Waals surface area contributed by atoms with Gasteiger partial charge in [-0.15, -0.1) is 0 Å². The fourth-order valence-corrected chi connectivity index (χ4v) is 7.34. The van der Waals surface area contributed by atoms with Crippen molar-refractivity contribution in [2.45, 2.75) is 0 Å². The van der Waals surface area contributed by atoms with E-state index in [1.54, 1.807) is 0 Å². The third kappa shape index (κ3) is 4.45. The summed E-state index contributed by atoms with van der Waals surface area (Å²) in [7, 11) is 0. The molecule has 0 spiro atoms. The van der Waals surface area contributed by atoms with Crippen LogP contribution in [0, 0.1) is 34.0 Å². The van der Waals surface area contributed by atoms with Gasteiger partial charge in [-0.05, 0) is 102 Å². The van der Waals surface area contributed by atoms with Crippen molar-refractivity contribution < 1.29 is 0 Å². The van der Waals surface area contributed by atoms with Crippen LogP contribution in [0.25, 0.3) is 77.2 Å². The molecule has 0 fully saturated rings. The lowest BCUT2D eigenvalue weighted by Gasteiger charge is -2.16. The van der Waals surface area contributed by atoms with Gasteiger partial charge in [0.1, 0.15) is 0 Å². The third-order valence-corrected chi connectivity index (χ3v) is 9.58. The van der Waals surface area contributed by atoms with Crippen molar-refractivity contribution >= 4 is 43.6 Å². The van der Waals surface area contributed by atoms with Gasteiger partial charge in [-0.2, -0.15) is 15.8 Å². The van der Waals surface area contributed by atoms with Crippen molar-refractivity contribution in [2.24, 2.45) is 0 Å². The zero-order valence-corrected chi connectivity index (χ0v) is 26.7. The summed E-state index contributed by atoms with van der Waals surface area (Å²) in [4.78, 5) is 0. The molecular formula is C45H25N5. The molecule has 0 aliphatic carbocycles. The quantitative estimate of drug-likeness (QED) is 0.193. The highest BCUT2D eigenvalue weighted by molar-refractivity contribution is 6.11. The Balaban J connectivity index is 1.34. The van der Waals surface area contributed by atoms with Gasteiger partial charge in [0, 0.05) is 38.5 Å². The average Bonchev–Trinajstić information content (AvgIpc) is 3.70. The van der Waals surface area contributed by atoms with Crippen molar-refractivity contribution in [3.63, 3.8) is 0 Å². The second-order valence-electron chi connectivity index (χ2n) is 12.4. The Morgan fingerprint density at radius 2 is 0.900 bits per heavy atom. The predicted octanol–water partition coefficient (Wildman–Crippen LogP) is 10.8. The molecule has 230 valence electrons. The number of fused-ring (bicyclic) bond motifs is 6. The molecule has 50 heavy (non-hydrogen) atoms. The Morgan fingerprint density at radius 1 is 0.360 bits per heavy atom. The largest absolute Gasteiger partial charge is 0.309 e. The lowest BCUT2D eigenvalue weighted by Crippen LogP contribution is -1.98. The SMILES string of the molecule is N#Cc1ccc2c(c1)c1cc(C#N)ccc1n2-c1cc(-c2ccccc2)cc(-c2cc(-n3c4ccccc4c4ccccc43)ccc2C#N)c1. The van der Waals surface area contributed by atoms with Crippen molar-refractivity contribution in [1.29, 1.82) is 15.8 Å². The van der Waals surface area contributed by atoms with E-state index in [2.05, 4.69) is 112 Å². The molecule has 0 aliphatic rings. The summed E-state index contributed by atoms with van der Waals surface area (Å²) < 4.78 is 4.45. The normalized spacial score (nSPS) is 11.1. The molecule has 0 aliphatic heterocycles. The first-order valence-electron chi connectivity index (χ1n) is 16.3. The first-order chi connectivity index (χ1) is 24.6. The van der Waals surface area contributed by atoms with Crippen molar-refractivity contribution in [2.75, 3.05) is 0 Å². The Hall–Kier alpha value is -7.39. The molecule has 0 saturated heterocycles. The van der Waals surface area contributed by atoms with E-state index < -0.39 is 0 Å². The van der Waals surface area contributed by atoms with Crippen LogP contribution < -0.4 is 0 Å². The smallest absolute Gasteiger partial charge is 0.0998 e. The maximum Gasteiger partial charge on any atom is 0.0998 e. The van der Waals surface area contributed by atoms with E-state index in [1.165, 1.54) is 10.8 Å². The van der Waals surface area contributed by atoms with Crippen LogP contribution in [0.3, 0.4) is 0 Å². The zero-order valence-electron chi connectivity index (χ0n) is 26.7. The van der Waals surface area contributed by atoms with Crippen LogP contribution in [0.2, 0.25) is 0 Å². The van der Waals surface area contributed by atoms with Crippen LogP contribution in [-0.4, -0.2) is 9.13 Å². The predicted molar refractivity (Wildman–Crippen MR) is 200 cm³/mol. The highest BCUT2D eigenvalue weighted by Gasteiger charge is 2.18. The summed E-state index contributed by atoms with van der Waals surface area (Å²) in [6.45, 7) is 0. The number of para-hydroxylation sites is 2. The van der Waals surface area contributed by atoms with Crippen molar-refractivity contribution in [3.8, 4) is 51.8 Å². The molecule has 5 heteroatoms. The molecule has 0 bridgehead atoms. The molecule has 0 radical (unpaired) electrons. The fraction of sp³-hybridized carbons (Fsp3) is 0. The summed E-state index contributed by atoms with van der Waals surface area (Å²) in [6.07, 6.45) is 0. The molecule has 5 nitrogen and oxygen atoms in total. The van der Waals surface area contributed by atoms with Crippen LogP contribution in [0.5, 0.6) is 0 Å². The zero-order chi connectivity index (χ0) is 33.8. The van der Waals surface area contributed by atoms with Gasteiger partial charge in [-0.1, -0.05) is 66.7 Å². The van der Waals surface area contributed by atoms with Crippen LogP contribution in [0.4, 0.5) is 0 Å². The van der Waals surface area contributed by atoms with Crippen LogP contribution in [-0.2, 0) is 0 Å². The van der Waals surface area contributed by atoms with Gasteiger partial charge in [-0.25, -0.2) is 0 Å². The van der Waals surface area contributed by atoms with E-state index in [9.17, 15) is 15.8 Å². The molecule has 0 atom stereocenters. The van der Waals surface area contributed by atoms with E-state index in [1.807, 2.05) is 66.7 Å². The van der Waals surface area contributed by atoms with Crippen LogP contribution >= 0.6 is 0 Å². The monoisotopic (exact) mass is 635 g/mol. The van der Waals surface area contributed by atoms with E-state index in [4.69, 9.17) is 0 Å². The van der Waals surface area contributed by atoms with E-state index in [0.29, 0.717) is 16.7 Å². The summed E-state index contributed by atoms with van der Waals surface area (Å²) in [6, 6.07) is 57.9. The molecular weight excluding hydrogens is 611 g/mol. The Bertz CT molecular complexity index is 2830. The van der Waals surface area contributed by atoms with Gasteiger partial charge in [0.15, 0.2) is 0 Å². The minimum absolute atomic E-state index is 0.554. The Kier molecular flexibility index (Phi) is 6.56. The standard InChI is InChI=1S/C45H25N5/c46-26-29-14-18-44-40(20-29)41-21-30(27-47)15-19-45(41)50(44)36-23-33(31-8-2-1-3-9-31)22-34(24-36)39-25-35(17-16-32(39)28-48)49-42-12-6-4-10-37(42)38-11-5-7-13-43(38)49/h1-25H. The first kappa shape index (κ1) is 28.8. The summed E-state index contributed by atoms with van der Waals surface area (Å²) in [5.74, 6) is 0. The number of hydrogen-bond acceptors (Lipinski definition) is 3.